The summed E-state index contributed by atoms with van der Waals surface area (Å²) in [5.41, 5.74) is 1.17. The van der Waals surface area contributed by atoms with Crippen molar-refractivity contribution >= 4 is 56.6 Å². The highest BCUT2D eigenvalue weighted by Crippen LogP contribution is 2.35. The molecule has 2 aromatic heterocycles. The Bertz CT molecular complexity index is 1860. The molecule has 0 spiro atoms. The van der Waals surface area contributed by atoms with E-state index < -0.39 is 21.5 Å². The van der Waals surface area contributed by atoms with Gasteiger partial charge in [0.05, 0.1) is 20.3 Å². The Morgan fingerprint density at radius 3 is 2.02 bits per heavy atom. The van der Waals surface area contributed by atoms with Crippen LogP contribution >= 0.6 is 11.6 Å². The molecule has 1 amide bonds. The van der Waals surface area contributed by atoms with Gasteiger partial charge in [-0.15, -0.1) is 0 Å². The average molecular weight is 604 g/mol. The zero-order valence-corrected chi connectivity index (χ0v) is 24.3. The van der Waals surface area contributed by atoms with E-state index in [1.165, 1.54) is 24.5 Å². The summed E-state index contributed by atoms with van der Waals surface area (Å²) in [4.78, 5) is 41.0. The molecule has 43 heavy (non-hydrogen) atoms. The number of non-ortho nitro benzene ring substituents is 2. The van der Waals surface area contributed by atoms with E-state index in [0.29, 0.717) is 38.5 Å². The third-order valence-corrected chi connectivity index (χ3v) is 6.18. The number of rotatable bonds is 5. The summed E-state index contributed by atoms with van der Waals surface area (Å²) in [5.74, 6) is 0.925. The van der Waals surface area contributed by atoms with Crippen LogP contribution in [0.3, 0.4) is 0 Å². The van der Waals surface area contributed by atoms with Crippen LogP contribution in [0.25, 0.3) is 21.8 Å². The second-order valence-corrected chi connectivity index (χ2v) is 10.6. The summed E-state index contributed by atoms with van der Waals surface area (Å²) >= 11 is 5.87. The second kappa shape index (κ2) is 12.7. The molecule has 0 saturated heterocycles. The molecule has 0 aliphatic heterocycles. The van der Waals surface area contributed by atoms with Gasteiger partial charge in [0.1, 0.15) is 22.6 Å². The normalized spacial score (nSPS) is 10.9. The number of anilines is 1. The number of fused-ring (bicyclic) bond motifs is 2. The SMILES string of the molecule is Cc1ccc(NC(=O)OC(C)(C)C)cc1Oc1ccnc2c([N+](=O)[O-])cccc12.O=[N+]([O-])c1cccc2c(Cl)ccnc12. The first-order chi connectivity index (χ1) is 20.3. The van der Waals surface area contributed by atoms with Crippen LogP contribution in [-0.2, 0) is 4.74 Å². The van der Waals surface area contributed by atoms with E-state index >= 15 is 0 Å². The van der Waals surface area contributed by atoms with Crippen LogP contribution < -0.4 is 10.1 Å². The average Bonchev–Trinajstić information content (AvgIpc) is 2.94. The Hall–Kier alpha value is -5.36. The van der Waals surface area contributed by atoms with Crippen molar-refractivity contribution in [1.82, 2.24) is 9.97 Å². The maximum atomic E-state index is 12.0. The van der Waals surface area contributed by atoms with Crippen molar-refractivity contribution in [3.63, 3.8) is 0 Å². The van der Waals surface area contributed by atoms with Gasteiger partial charge in [-0.1, -0.05) is 35.9 Å². The van der Waals surface area contributed by atoms with Crippen LogP contribution in [0.1, 0.15) is 26.3 Å². The minimum Gasteiger partial charge on any atom is -0.456 e. The summed E-state index contributed by atoms with van der Waals surface area (Å²) in [7, 11) is 0. The van der Waals surface area contributed by atoms with Gasteiger partial charge in [0.15, 0.2) is 5.52 Å². The standard InChI is InChI=1S/C21H21N3O5.C9H5ClN2O2/c1-13-8-9-14(23-20(25)29-21(2,3)4)12-18(13)28-17-10-11-22-19-15(17)6-5-7-16(19)24(26)27;10-7-4-5-11-9-6(7)2-1-3-8(9)12(13)14/h5-12H,1-4H3,(H,23,25);1-5H. The first-order valence-electron chi connectivity index (χ1n) is 12.8. The number of nitrogens with one attached hydrogen (secondary N) is 1. The van der Waals surface area contributed by atoms with Crippen LogP contribution in [0.15, 0.2) is 79.1 Å². The molecule has 0 unspecified atom stereocenters. The molecular weight excluding hydrogens is 578 g/mol. The number of aryl methyl sites for hydroxylation is 1. The van der Waals surface area contributed by atoms with E-state index in [4.69, 9.17) is 21.1 Å². The number of pyridine rings is 2. The maximum Gasteiger partial charge on any atom is 0.412 e. The number of nitro benzene ring substituents is 2. The van der Waals surface area contributed by atoms with Crippen molar-refractivity contribution in [2.45, 2.75) is 33.3 Å². The second-order valence-electron chi connectivity index (χ2n) is 10.2. The molecular formula is C30H26ClN5O7. The summed E-state index contributed by atoms with van der Waals surface area (Å²) in [6.07, 6.45) is 2.35. The van der Waals surface area contributed by atoms with E-state index in [-0.39, 0.29) is 16.9 Å². The van der Waals surface area contributed by atoms with Crippen LogP contribution in [0.2, 0.25) is 5.02 Å². The Labute approximate surface area is 250 Å². The van der Waals surface area contributed by atoms with Crippen LogP contribution in [0.5, 0.6) is 11.5 Å². The fraction of sp³-hybridized carbons (Fsp3) is 0.167. The van der Waals surface area contributed by atoms with Gasteiger partial charge in [0, 0.05) is 41.7 Å². The van der Waals surface area contributed by atoms with E-state index in [0.717, 1.165) is 5.56 Å². The summed E-state index contributed by atoms with van der Waals surface area (Å²) in [5, 5.41) is 26.2. The molecule has 0 aliphatic rings. The fourth-order valence-electron chi connectivity index (χ4n) is 3.97. The van der Waals surface area contributed by atoms with Crippen LogP contribution in [-0.4, -0.2) is 31.5 Å². The molecule has 0 atom stereocenters. The number of carbonyl (C=O) groups excluding carboxylic acids is 1. The van der Waals surface area contributed by atoms with Gasteiger partial charge in [-0.2, -0.15) is 0 Å². The van der Waals surface area contributed by atoms with Gasteiger partial charge in [-0.3, -0.25) is 25.5 Å². The summed E-state index contributed by atoms with van der Waals surface area (Å²) < 4.78 is 11.3. The zero-order chi connectivity index (χ0) is 31.3. The number of carbonyl (C=O) groups is 1. The largest absolute Gasteiger partial charge is 0.456 e. The monoisotopic (exact) mass is 603 g/mol. The van der Waals surface area contributed by atoms with Crippen molar-refractivity contribution < 1.29 is 24.1 Å². The summed E-state index contributed by atoms with van der Waals surface area (Å²) in [6, 6.07) is 17.9. The van der Waals surface area contributed by atoms with Gasteiger partial charge in [0.2, 0.25) is 0 Å². The highest BCUT2D eigenvalue weighted by atomic mass is 35.5. The number of hydrogen-bond acceptors (Lipinski definition) is 9. The van der Waals surface area contributed by atoms with Gasteiger partial charge < -0.3 is 9.47 Å². The number of halogens is 1. The molecule has 0 saturated carbocycles. The first kappa shape index (κ1) is 30.6. The fourth-order valence-corrected chi connectivity index (χ4v) is 4.18. The number of ether oxygens (including phenoxy) is 2. The lowest BCUT2D eigenvalue weighted by Gasteiger charge is -2.20. The molecule has 13 heteroatoms. The minimum absolute atomic E-state index is 0.0231. The molecule has 0 aliphatic carbocycles. The lowest BCUT2D eigenvalue weighted by molar-refractivity contribution is -0.383. The van der Waals surface area contributed by atoms with Crippen molar-refractivity contribution in [2.75, 3.05) is 5.32 Å². The molecule has 5 aromatic rings. The van der Waals surface area contributed by atoms with E-state index in [9.17, 15) is 25.0 Å². The quantitative estimate of drug-likeness (QED) is 0.154. The predicted molar refractivity (Wildman–Crippen MR) is 163 cm³/mol. The summed E-state index contributed by atoms with van der Waals surface area (Å²) in [6.45, 7) is 7.20. The van der Waals surface area contributed by atoms with E-state index in [1.54, 1.807) is 75.4 Å². The Morgan fingerprint density at radius 1 is 0.837 bits per heavy atom. The number of aromatic nitrogens is 2. The van der Waals surface area contributed by atoms with Crippen molar-refractivity contribution in [3.8, 4) is 11.5 Å². The lowest BCUT2D eigenvalue weighted by Crippen LogP contribution is -2.27. The highest BCUT2D eigenvalue weighted by Gasteiger charge is 2.18. The third kappa shape index (κ3) is 7.49. The van der Waals surface area contributed by atoms with E-state index in [2.05, 4.69) is 15.3 Å². The molecule has 12 nitrogen and oxygen atoms in total. The lowest BCUT2D eigenvalue weighted by atomic mass is 10.1. The molecule has 0 bridgehead atoms. The van der Waals surface area contributed by atoms with Crippen LogP contribution in [0.4, 0.5) is 21.9 Å². The van der Waals surface area contributed by atoms with Crippen molar-refractivity contribution in [1.29, 1.82) is 0 Å². The zero-order valence-electron chi connectivity index (χ0n) is 23.5. The third-order valence-electron chi connectivity index (χ3n) is 5.85. The Morgan fingerprint density at radius 2 is 1.42 bits per heavy atom. The van der Waals surface area contributed by atoms with Gasteiger partial charge in [0.25, 0.3) is 11.4 Å². The number of amides is 1. The molecule has 0 fully saturated rings. The number of para-hydroxylation sites is 2. The number of hydrogen-bond donors (Lipinski definition) is 1. The molecule has 3 aromatic carbocycles. The predicted octanol–water partition coefficient (Wildman–Crippen LogP) is 8.39. The smallest absolute Gasteiger partial charge is 0.412 e. The molecule has 2 heterocycles. The van der Waals surface area contributed by atoms with Crippen LogP contribution in [0, 0.1) is 27.2 Å². The number of nitrogens with zero attached hydrogens (tertiary/aromatic N) is 4. The number of benzene rings is 3. The first-order valence-corrected chi connectivity index (χ1v) is 13.2. The van der Waals surface area contributed by atoms with Gasteiger partial charge >= 0.3 is 6.09 Å². The van der Waals surface area contributed by atoms with Crippen molar-refractivity contribution in [3.05, 3.63) is 110 Å². The Balaban J connectivity index is 0.000000251. The van der Waals surface area contributed by atoms with E-state index in [1.807, 2.05) is 6.92 Å². The van der Waals surface area contributed by atoms with Gasteiger partial charge in [-0.05, 0) is 57.5 Å². The minimum atomic E-state index is -0.612. The maximum absolute atomic E-state index is 12.0. The topological polar surface area (TPSA) is 160 Å². The van der Waals surface area contributed by atoms with Gasteiger partial charge in [-0.25, -0.2) is 14.8 Å². The Kier molecular flexibility index (Phi) is 9.01. The molecule has 5 rings (SSSR count). The molecule has 220 valence electrons. The molecule has 0 radical (unpaired) electrons. The van der Waals surface area contributed by atoms with Crippen molar-refractivity contribution in [2.24, 2.45) is 0 Å². The highest BCUT2D eigenvalue weighted by molar-refractivity contribution is 6.35. The number of nitro groups is 2. The molecule has 1 N–H and O–H groups in total.